The number of nitrogens with two attached hydrogens (primary N) is 1. The van der Waals surface area contributed by atoms with E-state index in [1.807, 2.05) is 38.3 Å². The van der Waals surface area contributed by atoms with Crippen molar-refractivity contribution in [3.05, 3.63) is 28.1 Å². The summed E-state index contributed by atoms with van der Waals surface area (Å²) in [6.45, 7) is 7.68. The molecule has 108 valence electrons. The van der Waals surface area contributed by atoms with Gasteiger partial charge in [0.05, 0.1) is 18.9 Å². The molecule has 1 heterocycles. The van der Waals surface area contributed by atoms with Crippen LogP contribution in [0.3, 0.4) is 0 Å². The van der Waals surface area contributed by atoms with E-state index in [0.29, 0.717) is 19.8 Å². The van der Waals surface area contributed by atoms with Gasteiger partial charge in [0.2, 0.25) is 0 Å². The number of ether oxygens (including phenoxy) is 2. The Balaban J connectivity index is 2.49. The molecule has 0 saturated carbocycles. The van der Waals surface area contributed by atoms with Gasteiger partial charge >= 0.3 is 0 Å². The standard InChI is InChI=1S/C15H20N2O2S/c1-4-18-13-7-11(12-9-20-15(8-16)17-12)14(19-5-2)6-10(13)3/h6-7,9H,4-5,8,16H2,1-3H3. The smallest absolute Gasteiger partial charge is 0.129 e. The second-order valence-electron chi connectivity index (χ2n) is 4.31. The number of rotatable bonds is 6. The Kier molecular flexibility index (Phi) is 4.98. The van der Waals surface area contributed by atoms with Gasteiger partial charge in [-0.2, -0.15) is 0 Å². The van der Waals surface area contributed by atoms with Crippen molar-refractivity contribution in [2.24, 2.45) is 5.73 Å². The summed E-state index contributed by atoms with van der Waals surface area (Å²) in [5, 5.41) is 2.92. The Hall–Kier alpha value is -1.59. The van der Waals surface area contributed by atoms with Gasteiger partial charge < -0.3 is 15.2 Å². The highest BCUT2D eigenvalue weighted by atomic mass is 32.1. The minimum atomic E-state index is 0.457. The Bertz CT molecular complexity index is 581. The molecule has 1 aromatic heterocycles. The predicted octanol–water partition coefficient (Wildman–Crippen LogP) is 3.37. The van der Waals surface area contributed by atoms with E-state index in [2.05, 4.69) is 4.98 Å². The Morgan fingerprint density at radius 2 is 1.85 bits per heavy atom. The summed E-state index contributed by atoms with van der Waals surface area (Å²) in [6.07, 6.45) is 0. The molecule has 2 N–H and O–H groups in total. The van der Waals surface area contributed by atoms with Gasteiger partial charge in [-0.3, -0.25) is 0 Å². The van der Waals surface area contributed by atoms with Crippen LogP contribution in [-0.2, 0) is 6.54 Å². The summed E-state index contributed by atoms with van der Waals surface area (Å²) >= 11 is 1.56. The molecule has 0 radical (unpaired) electrons. The maximum Gasteiger partial charge on any atom is 0.129 e. The topological polar surface area (TPSA) is 57.4 Å². The van der Waals surface area contributed by atoms with Gasteiger partial charge in [-0.05, 0) is 38.5 Å². The van der Waals surface area contributed by atoms with E-state index in [-0.39, 0.29) is 0 Å². The summed E-state index contributed by atoms with van der Waals surface area (Å²) in [5.74, 6) is 1.70. The number of aryl methyl sites for hydroxylation is 1. The minimum Gasteiger partial charge on any atom is -0.494 e. The zero-order valence-corrected chi connectivity index (χ0v) is 12.9. The molecular weight excluding hydrogens is 272 g/mol. The second-order valence-corrected chi connectivity index (χ2v) is 5.25. The monoisotopic (exact) mass is 292 g/mol. The summed E-state index contributed by atoms with van der Waals surface area (Å²) in [4.78, 5) is 4.53. The summed E-state index contributed by atoms with van der Waals surface area (Å²) in [7, 11) is 0. The van der Waals surface area contributed by atoms with Gasteiger partial charge in [0.1, 0.15) is 16.5 Å². The molecule has 5 heteroatoms. The first-order chi connectivity index (χ1) is 9.69. The average Bonchev–Trinajstić information content (AvgIpc) is 2.91. The summed E-state index contributed by atoms with van der Waals surface area (Å²) < 4.78 is 11.4. The van der Waals surface area contributed by atoms with Crippen molar-refractivity contribution in [1.82, 2.24) is 4.98 Å². The SMILES string of the molecule is CCOc1cc(-c2csc(CN)n2)c(OCC)cc1C. The zero-order chi connectivity index (χ0) is 14.5. The molecule has 20 heavy (non-hydrogen) atoms. The van der Waals surface area contributed by atoms with Gasteiger partial charge in [-0.25, -0.2) is 4.98 Å². The highest BCUT2D eigenvalue weighted by molar-refractivity contribution is 7.09. The maximum absolute atomic E-state index is 5.73. The van der Waals surface area contributed by atoms with Crippen molar-refractivity contribution in [2.45, 2.75) is 27.3 Å². The first kappa shape index (κ1) is 14.8. The fraction of sp³-hybridized carbons (Fsp3) is 0.400. The van der Waals surface area contributed by atoms with Crippen LogP contribution in [0.4, 0.5) is 0 Å². The third-order valence-corrected chi connectivity index (χ3v) is 3.75. The zero-order valence-electron chi connectivity index (χ0n) is 12.1. The molecule has 0 bridgehead atoms. The van der Waals surface area contributed by atoms with Gasteiger partial charge in [-0.15, -0.1) is 11.3 Å². The largest absolute Gasteiger partial charge is 0.494 e. The van der Waals surface area contributed by atoms with Crippen LogP contribution in [0, 0.1) is 6.92 Å². The van der Waals surface area contributed by atoms with Crippen LogP contribution in [0.1, 0.15) is 24.4 Å². The third kappa shape index (κ3) is 3.11. The molecule has 1 aromatic carbocycles. The molecule has 0 fully saturated rings. The molecule has 0 unspecified atom stereocenters. The second kappa shape index (κ2) is 6.72. The van der Waals surface area contributed by atoms with Crippen molar-refractivity contribution in [1.29, 1.82) is 0 Å². The Labute approximate surface area is 123 Å². The van der Waals surface area contributed by atoms with Crippen LogP contribution in [-0.4, -0.2) is 18.2 Å². The van der Waals surface area contributed by atoms with Crippen molar-refractivity contribution in [2.75, 3.05) is 13.2 Å². The normalized spacial score (nSPS) is 10.6. The lowest BCUT2D eigenvalue weighted by molar-refractivity contribution is 0.329. The average molecular weight is 292 g/mol. The lowest BCUT2D eigenvalue weighted by atomic mass is 10.1. The molecule has 0 aliphatic carbocycles. The van der Waals surface area contributed by atoms with E-state index in [0.717, 1.165) is 33.3 Å². The van der Waals surface area contributed by atoms with Crippen LogP contribution < -0.4 is 15.2 Å². The van der Waals surface area contributed by atoms with Crippen LogP contribution in [0.5, 0.6) is 11.5 Å². The van der Waals surface area contributed by atoms with E-state index in [1.54, 1.807) is 11.3 Å². The van der Waals surface area contributed by atoms with E-state index in [1.165, 1.54) is 0 Å². The van der Waals surface area contributed by atoms with Crippen molar-refractivity contribution in [3.63, 3.8) is 0 Å². The van der Waals surface area contributed by atoms with Gasteiger partial charge in [-0.1, -0.05) is 0 Å². The van der Waals surface area contributed by atoms with Gasteiger partial charge in [0.15, 0.2) is 0 Å². The molecule has 0 amide bonds. The summed E-state index contributed by atoms with van der Waals surface area (Å²) in [5.41, 5.74) is 8.54. The molecule has 2 aromatic rings. The third-order valence-electron chi connectivity index (χ3n) is 2.88. The predicted molar refractivity (Wildman–Crippen MR) is 82.5 cm³/mol. The van der Waals surface area contributed by atoms with Gasteiger partial charge in [0, 0.05) is 17.5 Å². The maximum atomic E-state index is 5.73. The number of hydrogen-bond acceptors (Lipinski definition) is 5. The lowest BCUT2D eigenvalue weighted by Gasteiger charge is -2.14. The number of hydrogen-bond donors (Lipinski definition) is 1. The van der Waals surface area contributed by atoms with Crippen LogP contribution in [0.25, 0.3) is 11.3 Å². The first-order valence-electron chi connectivity index (χ1n) is 6.74. The lowest BCUT2D eigenvalue weighted by Crippen LogP contribution is -1.99. The quantitative estimate of drug-likeness (QED) is 0.887. The molecule has 0 aliphatic rings. The fourth-order valence-corrected chi connectivity index (χ4v) is 2.65. The van der Waals surface area contributed by atoms with E-state index in [4.69, 9.17) is 15.2 Å². The van der Waals surface area contributed by atoms with Crippen LogP contribution in [0.15, 0.2) is 17.5 Å². The number of aromatic nitrogens is 1. The number of benzene rings is 1. The fourth-order valence-electron chi connectivity index (χ4n) is 1.98. The molecule has 0 spiro atoms. The molecule has 2 rings (SSSR count). The molecule has 4 nitrogen and oxygen atoms in total. The van der Waals surface area contributed by atoms with E-state index < -0.39 is 0 Å². The van der Waals surface area contributed by atoms with Crippen LogP contribution in [0.2, 0.25) is 0 Å². The minimum absolute atomic E-state index is 0.457. The summed E-state index contributed by atoms with van der Waals surface area (Å²) in [6, 6.07) is 4.00. The Morgan fingerprint density at radius 3 is 2.45 bits per heavy atom. The van der Waals surface area contributed by atoms with Crippen molar-refractivity contribution < 1.29 is 9.47 Å². The van der Waals surface area contributed by atoms with E-state index in [9.17, 15) is 0 Å². The number of thiazole rings is 1. The molecular formula is C15H20N2O2S. The molecule has 0 atom stereocenters. The van der Waals surface area contributed by atoms with Crippen LogP contribution >= 0.6 is 11.3 Å². The van der Waals surface area contributed by atoms with Gasteiger partial charge in [0.25, 0.3) is 0 Å². The number of nitrogens with zero attached hydrogens (tertiary/aromatic N) is 1. The highest BCUT2D eigenvalue weighted by Crippen LogP contribution is 2.36. The first-order valence-corrected chi connectivity index (χ1v) is 7.62. The molecule has 0 aliphatic heterocycles. The van der Waals surface area contributed by atoms with E-state index >= 15 is 0 Å². The van der Waals surface area contributed by atoms with Crippen molar-refractivity contribution >= 4 is 11.3 Å². The Morgan fingerprint density at radius 1 is 1.15 bits per heavy atom. The highest BCUT2D eigenvalue weighted by Gasteiger charge is 2.14. The van der Waals surface area contributed by atoms with Crippen molar-refractivity contribution in [3.8, 4) is 22.8 Å². The molecule has 0 saturated heterocycles.